The number of thiophene rings is 1. The highest BCUT2D eigenvalue weighted by atomic mass is 32.1. The standard InChI is InChI=1S/C23H32N2OS/c1-15-6-7-21-20(17(15)3)9-12-25(22(21)26)13-11-23(5,24)10-8-19-14-16(2)27-18(19)4/h6-7,14H,8-13,24H2,1-5H3. The van der Waals surface area contributed by atoms with Gasteiger partial charge in [-0.05, 0) is 94.7 Å². The van der Waals surface area contributed by atoms with Gasteiger partial charge in [0.2, 0.25) is 0 Å². The second kappa shape index (κ2) is 7.76. The van der Waals surface area contributed by atoms with Gasteiger partial charge in [-0.1, -0.05) is 6.07 Å². The molecule has 0 saturated carbocycles. The van der Waals surface area contributed by atoms with Gasteiger partial charge in [0.15, 0.2) is 0 Å². The Hall–Kier alpha value is -1.65. The summed E-state index contributed by atoms with van der Waals surface area (Å²) in [4.78, 5) is 17.7. The largest absolute Gasteiger partial charge is 0.338 e. The van der Waals surface area contributed by atoms with E-state index in [0.717, 1.165) is 44.3 Å². The molecule has 4 heteroatoms. The zero-order chi connectivity index (χ0) is 19.8. The Morgan fingerprint density at radius 3 is 2.59 bits per heavy atom. The highest BCUT2D eigenvalue weighted by Crippen LogP contribution is 2.27. The average Bonchev–Trinajstić information content (AvgIpc) is 2.93. The number of fused-ring (bicyclic) bond motifs is 1. The number of amides is 1. The number of carbonyl (C=O) groups excluding carboxylic acids is 1. The molecule has 3 nitrogen and oxygen atoms in total. The monoisotopic (exact) mass is 384 g/mol. The maximum Gasteiger partial charge on any atom is 0.254 e. The van der Waals surface area contributed by atoms with E-state index in [9.17, 15) is 4.79 Å². The fourth-order valence-corrected chi connectivity index (χ4v) is 4.97. The summed E-state index contributed by atoms with van der Waals surface area (Å²) in [7, 11) is 0. The van der Waals surface area contributed by atoms with E-state index < -0.39 is 0 Å². The van der Waals surface area contributed by atoms with Crippen LogP contribution in [0.3, 0.4) is 0 Å². The lowest BCUT2D eigenvalue weighted by atomic mass is 9.89. The molecule has 2 N–H and O–H groups in total. The minimum absolute atomic E-state index is 0.166. The first-order valence-corrected chi connectivity index (χ1v) is 10.7. The van der Waals surface area contributed by atoms with Gasteiger partial charge in [0.05, 0.1) is 0 Å². The summed E-state index contributed by atoms with van der Waals surface area (Å²) in [5.41, 5.74) is 12.4. The molecular formula is C23H32N2OS. The highest BCUT2D eigenvalue weighted by Gasteiger charge is 2.28. The minimum atomic E-state index is -0.258. The number of hydrogen-bond acceptors (Lipinski definition) is 3. The molecule has 2 aromatic rings. The van der Waals surface area contributed by atoms with Crippen molar-refractivity contribution in [2.75, 3.05) is 13.1 Å². The number of carbonyl (C=O) groups is 1. The van der Waals surface area contributed by atoms with Crippen LogP contribution in [0.2, 0.25) is 0 Å². The summed E-state index contributed by atoms with van der Waals surface area (Å²) in [5.74, 6) is 0.166. The fraction of sp³-hybridized carbons (Fsp3) is 0.522. The van der Waals surface area contributed by atoms with Crippen LogP contribution in [0.25, 0.3) is 0 Å². The summed E-state index contributed by atoms with van der Waals surface area (Å²) >= 11 is 1.86. The van der Waals surface area contributed by atoms with Crippen molar-refractivity contribution in [2.24, 2.45) is 5.73 Å². The van der Waals surface area contributed by atoms with E-state index in [1.54, 1.807) is 0 Å². The van der Waals surface area contributed by atoms with Crippen LogP contribution in [0.1, 0.15) is 62.1 Å². The number of aryl methyl sites for hydroxylation is 4. The Bertz CT molecular complexity index is 850. The van der Waals surface area contributed by atoms with Crippen molar-refractivity contribution in [3.05, 3.63) is 55.8 Å². The molecule has 0 bridgehead atoms. The molecule has 27 heavy (non-hydrogen) atoms. The van der Waals surface area contributed by atoms with Crippen molar-refractivity contribution in [3.63, 3.8) is 0 Å². The minimum Gasteiger partial charge on any atom is -0.338 e. The number of rotatable bonds is 6. The molecule has 1 aromatic heterocycles. The van der Waals surface area contributed by atoms with Crippen LogP contribution in [0.4, 0.5) is 0 Å². The molecule has 0 radical (unpaired) electrons. The normalized spacial score (nSPS) is 16.4. The molecule has 1 atom stereocenters. The highest BCUT2D eigenvalue weighted by molar-refractivity contribution is 7.12. The summed E-state index contributed by atoms with van der Waals surface area (Å²) < 4.78 is 0. The van der Waals surface area contributed by atoms with Crippen molar-refractivity contribution < 1.29 is 4.79 Å². The summed E-state index contributed by atoms with van der Waals surface area (Å²) in [6.07, 6.45) is 3.74. The first-order chi connectivity index (χ1) is 12.7. The SMILES string of the molecule is Cc1cc(CCC(C)(N)CCN2CCc3c(ccc(C)c3C)C2=O)c(C)s1. The first-order valence-electron chi connectivity index (χ1n) is 9.91. The molecule has 1 aromatic carbocycles. The third kappa shape index (κ3) is 4.44. The zero-order valence-corrected chi connectivity index (χ0v) is 18.1. The Morgan fingerprint density at radius 2 is 1.93 bits per heavy atom. The smallest absolute Gasteiger partial charge is 0.254 e. The Labute approximate surface area is 167 Å². The van der Waals surface area contributed by atoms with Crippen LogP contribution in [-0.4, -0.2) is 29.4 Å². The zero-order valence-electron chi connectivity index (χ0n) is 17.3. The molecule has 1 aliphatic rings. The van der Waals surface area contributed by atoms with E-state index in [2.05, 4.69) is 46.8 Å². The van der Waals surface area contributed by atoms with Gasteiger partial charge in [-0.3, -0.25) is 4.79 Å². The lowest BCUT2D eigenvalue weighted by molar-refractivity contribution is 0.0726. The van der Waals surface area contributed by atoms with Crippen LogP contribution in [0, 0.1) is 27.7 Å². The van der Waals surface area contributed by atoms with Crippen LogP contribution in [0.15, 0.2) is 18.2 Å². The molecular weight excluding hydrogens is 352 g/mol. The van der Waals surface area contributed by atoms with E-state index in [1.165, 1.54) is 32.0 Å². The van der Waals surface area contributed by atoms with Crippen LogP contribution in [-0.2, 0) is 12.8 Å². The maximum absolute atomic E-state index is 12.9. The van der Waals surface area contributed by atoms with Crippen LogP contribution >= 0.6 is 11.3 Å². The van der Waals surface area contributed by atoms with Gasteiger partial charge >= 0.3 is 0 Å². The van der Waals surface area contributed by atoms with E-state index >= 15 is 0 Å². The van der Waals surface area contributed by atoms with Crippen molar-refractivity contribution in [3.8, 4) is 0 Å². The lowest BCUT2D eigenvalue weighted by Crippen LogP contribution is -2.44. The molecule has 0 fully saturated rings. The van der Waals surface area contributed by atoms with Crippen molar-refractivity contribution in [1.82, 2.24) is 4.90 Å². The summed E-state index contributed by atoms with van der Waals surface area (Å²) in [6.45, 7) is 12.2. The molecule has 1 aliphatic heterocycles. The lowest BCUT2D eigenvalue weighted by Gasteiger charge is -2.33. The maximum atomic E-state index is 12.9. The predicted octanol–water partition coefficient (Wildman–Crippen LogP) is 4.72. The van der Waals surface area contributed by atoms with Gasteiger partial charge in [-0.2, -0.15) is 0 Å². The second-order valence-electron chi connectivity index (χ2n) is 8.42. The van der Waals surface area contributed by atoms with E-state index in [0.29, 0.717) is 0 Å². The number of hydrogen-bond donors (Lipinski definition) is 1. The summed E-state index contributed by atoms with van der Waals surface area (Å²) in [5, 5.41) is 0. The molecule has 0 saturated heterocycles. The quantitative estimate of drug-likeness (QED) is 0.783. The Morgan fingerprint density at radius 1 is 1.19 bits per heavy atom. The van der Waals surface area contributed by atoms with Crippen LogP contribution < -0.4 is 5.73 Å². The molecule has 146 valence electrons. The predicted molar refractivity (Wildman–Crippen MR) is 115 cm³/mol. The van der Waals surface area contributed by atoms with Crippen molar-refractivity contribution in [2.45, 2.75) is 65.8 Å². The molecule has 0 spiro atoms. The number of nitrogens with zero attached hydrogens (tertiary/aromatic N) is 1. The summed E-state index contributed by atoms with van der Waals surface area (Å²) in [6, 6.07) is 6.34. The van der Waals surface area contributed by atoms with Crippen molar-refractivity contribution in [1.29, 1.82) is 0 Å². The van der Waals surface area contributed by atoms with Crippen LogP contribution in [0.5, 0.6) is 0 Å². The Kier molecular flexibility index (Phi) is 5.78. The number of benzene rings is 1. The van der Waals surface area contributed by atoms with E-state index in [1.807, 2.05) is 22.3 Å². The number of nitrogens with two attached hydrogens (primary N) is 1. The fourth-order valence-electron chi connectivity index (χ4n) is 4.00. The first kappa shape index (κ1) is 20.1. The average molecular weight is 385 g/mol. The van der Waals surface area contributed by atoms with Gasteiger partial charge in [0, 0.05) is 33.9 Å². The molecule has 1 unspecified atom stereocenters. The topological polar surface area (TPSA) is 46.3 Å². The van der Waals surface area contributed by atoms with E-state index in [4.69, 9.17) is 5.73 Å². The van der Waals surface area contributed by atoms with Gasteiger partial charge in [0.1, 0.15) is 0 Å². The molecule has 1 amide bonds. The van der Waals surface area contributed by atoms with Gasteiger partial charge < -0.3 is 10.6 Å². The van der Waals surface area contributed by atoms with E-state index in [-0.39, 0.29) is 11.4 Å². The third-order valence-corrected chi connectivity index (χ3v) is 7.09. The van der Waals surface area contributed by atoms with Gasteiger partial charge in [-0.25, -0.2) is 0 Å². The van der Waals surface area contributed by atoms with Crippen molar-refractivity contribution >= 4 is 17.2 Å². The third-order valence-electron chi connectivity index (χ3n) is 6.08. The van der Waals surface area contributed by atoms with Gasteiger partial charge in [-0.15, -0.1) is 11.3 Å². The second-order valence-corrected chi connectivity index (χ2v) is 9.88. The molecule has 3 rings (SSSR count). The van der Waals surface area contributed by atoms with Gasteiger partial charge in [0.25, 0.3) is 5.91 Å². The Balaban J connectivity index is 1.59. The molecule has 0 aliphatic carbocycles. The molecule has 2 heterocycles.